The zero-order valence-electron chi connectivity index (χ0n) is 9.83. The van der Waals surface area contributed by atoms with Crippen LogP contribution < -0.4 is 10.1 Å². The van der Waals surface area contributed by atoms with E-state index in [4.69, 9.17) is 5.26 Å². The number of halogens is 3. The summed E-state index contributed by atoms with van der Waals surface area (Å²) in [5.74, 6) is -0.787. The molecule has 0 saturated carbocycles. The Balaban J connectivity index is 2.52. The van der Waals surface area contributed by atoms with Crippen LogP contribution in [0.15, 0.2) is 24.3 Å². The minimum absolute atomic E-state index is 0.228. The molecule has 1 aromatic carbocycles. The van der Waals surface area contributed by atoms with Crippen LogP contribution in [0.25, 0.3) is 0 Å². The van der Waals surface area contributed by atoms with Gasteiger partial charge in [0.1, 0.15) is 5.75 Å². The summed E-state index contributed by atoms with van der Waals surface area (Å²) in [6, 6.07) is 6.54. The Morgan fingerprint density at radius 1 is 1.32 bits per heavy atom. The van der Waals surface area contributed by atoms with Crippen LogP contribution >= 0.6 is 0 Å². The van der Waals surface area contributed by atoms with Crippen LogP contribution in [-0.2, 0) is 0 Å². The Hall–Kier alpha value is -2.23. The zero-order chi connectivity index (χ0) is 14.3. The Labute approximate surface area is 107 Å². The first-order chi connectivity index (χ1) is 8.92. The average Bonchev–Trinajstić information content (AvgIpc) is 2.33. The molecule has 1 rings (SSSR count). The molecular formula is C12H11F3N2O2. The number of amides is 1. The number of unbranched alkanes of at least 4 members (excludes halogenated alkanes) is 1. The highest BCUT2D eigenvalue weighted by Gasteiger charge is 2.31. The highest BCUT2D eigenvalue weighted by atomic mass is 19.4. The van der Waals surface area contributed by atoms with Gasteiger partial charge < -0.3 is 10.1 Å². The molecule has 102 valence electrons. The fraction of sp³-hybridized carbons (Fsp3) is 0.333. The van der Waals surface area contributed by atoms with E-state index in [9.17, 15) is 18.0 Å². The average molecular weight is 272 g/mol. The second-order valence-corrected chi connectivity index (χ2v) is 3.59. The molecule has 0 aliphatic heterocycles. The summed E-state index contributed by atoms with van der Waals surface area (Å²) < 4.78 is 39.4. The Bertz CT molecular complexity index is 463. The number of nitrogens with zero attached hydrogens (tertiary/aromatic N) is 1. The Kier molecular flexibility index (Phi) is 5.18. The van der Waals surface area contributed by atoms with Gasteiger partial charge >= 0.3 is 6.36 Å². The number of nitrogens with one attached hydrogen (secondary N) is 1. The number of carbonyl (C=O) groups excluding carboxylic acids is 1. The van der Waals surface area contributed by atoms with Gasteiger partial charge in [-0.1, -0.05) is 0 Å². The molecule has 0 saturated heterocycles. The highest BCUT2D eigenvalue weighted by molar-refractivity contribution is 5.94. The number of nitriles is 1. The van der Waals surface area contributed by atoms with Crippen molar-refractivity contribution in [3.63, 3.8) is 0 Å². The quantitative estimate of drug-likeness (QED) is 0.838. The van der Waals surface area contributed by atoms with Gasteiger partial charge in [-0.3, -0.25) is 4.79 Å². The minimum Gasteiger partial charge on any atom is -0.406 e. The first-order valence-electron chi connectivity index (χ1n) is 5.43. The van der Waals surface area contributed by atoms with Gasteiger partial charge in [-0.2, -0.15) is 5.26 Å². The van der Waals surface area contributed by atoms with E-state index >= 15 is 0 Å². The standard InChI is InChI=1S/C12H11F3N2O2/c13-12(14,15)19-10-5-3-9(4-6-10)11(18)17-8-2-1-7-16/h3-6H,1-2,8H2,(H,17,18). The van der Waals surface area contributed by atoms with Crippen LogP contribution in [0.5, 0.6) is 5.75 Å². The summed E-state index contributed by atoms with van der Waals surface area (Å²) in [5.41, 5.74) is 0.228. The predicted octanol–water partition coefficient (Wildman–Crippen LogP) is 2.62. The number of hydrogen-bond donors (Lipinski definition) is 1. The van der Waals surface area contributed by atoms with E-state index in [1.165, 1.54) is 12.1 Å². The second-order valence-electron chi connectivity index (χ2n) is 3.59. The normalized spacial score (nSPS) is 10.6. The fourth-order valence-electron chi connectivity index (χ4n) is 1.28. The molecule has 7 heteroatoms. The third-order valence-electron chi connectivity index (χ3n) is 2.10. The Morgan fingerprint density at radius 2 is 1.95 bits per heavy atom. The molecule has 1 aromatic rings. The monoisotopic (exact) mass is 272 g/mol. The molecular weight excluding hydrogens is 261 g/mol. The third-order valence-corrected chi connectivity index (χ3v) is 2.10. The van der Waals surface area contributed by atoms with Gasteiger partial charge in [-0.25, -0.2) is 0 Å². The molecule has 0 bridgehead atoms. The lowest BCUT2D eigenvalue weighted by Crippen LogP contribution is -2.24. The number of hydrogen-bond acceptors (Lipinski definition) is 3. The van der Waals surface area contributed by atoms with Crippen LogP contribution in [0.3, 0.4) is 0 Å². The first kappa shape index (κ1) is 14.8. The van der Waals surface area contributed by atoms with Crippen molar-refractivity contribution < 1.29 is 22.7 Å². The van der Waals surface area contributed by atoms with Gasteiger partial charge in [0.15, 0.2) is 0 Å². The molecule has 0 atom stereocenters. The van der Waals surface area contributed by atoms with E-state index < -0.39 is 12.3 Å². The largest absolute Gasteiger partial charge is 0.573 e. The molecule has 1 N–H and O–H groups in total. The maximum absolute atomic E-state index is 11.9. The number of alkyl halides is 3. The molecule has 19 heavy (non-hydrogen) atoms. The molecule has 0 fully saturated rings. The summed E-state index contributed by atoms with van der Waals surface area (Å²) in [5, 5.41) is 10.9. The SMILES string of the molecule is N#CCCCNC(=O)c1ccc(OC(F)(F)F)cc1. The van der Waals surface area contributed by atoms with Crippen molar-refractivity contribution in [1.29, 1.82) is 5.26 Å². The van der Waals surface area contributed by atoms with Crippen molar-refractivity contribution in [2.45, 2.75) is 19.2 Å². The molecule has 0 aliphatic carbocycles. The number of ether oxygens (including phenoxy) is 1. The number of carbonyl (C=O) groups is 1. The van der Waals surface area contributed by atoms with Crippen molar-refractivity contribution in [2.75, 3.05) is 6.54 Å². The van der Waals surface area contributed by atoms with Crippen molar-refractivity contribution in [3.05, 3.63) is 29.8 Å². The molecule has 0 spiro atoms. The third kappa shape index (κ3) is 5.77. The van der Waals surface area contributed by atoms with Crippen LogP contribution in [0.1, 0.15) is 23.2 Å². The minimum atomic E-state index is -4.75. The number of benzene rings is 1. The van der Waals surface area contributed by atoms with Crippen LogP contribution in [0, 0.1) is 11.3 Å². The lowest BCUT2D eigenvalue weighted by Gasteiger charge is -2.09. The maximum atomic E-state index is 11.9. The molecule has 0 heterocycles. The molecule has 4 nitrogen and oxygen atoms in total. The van der Waals surface area contributed by atoms with E-state index in [1.807, 2.05) is 6.07 Å². The van der Waals surface area contributed by atoms with E-state index in [0.717, 1.165) is 12.1 Å². The zero-order valence-corrected chi connectivity index (χ0v) is 9.83. The molecule has 0 aliphatic rings. The van der Waals surface area contributed by atoms with E-state index in [0.29, 0.717) is 19.4 Å². The van der Waals surface area contributed by atoms with Crippen LogP contribution in [0.4, 0.5) is 13.2 Å². The van der Waals surface area contributed by atoms with Crippen molar-refractivity contribution in [1.82, 2.24) is 5.32 Å². The highest BCUT2D eigenvalue weighted by Crippen LogP contribution is 2.22. The van der Waals surface area contributed by atoms with E-state index in [2.05, 4.69) is 10.1 Å². The fourth-order valence-corrected chi connectivity index (χ4v) is 1.28. The van der Waals surface area contributed by atoms with Crippen LogP contribution in [-0.4, -0.2) is 18.8 Å². The summed E-state index contributed by atoms with van der Waals surface area (Å²) in [4.78, 5) is 11.5. The lowest BCUT2D eigenvalue weighted by atomic mass is 10.2. The van der Waals surface area contributed by atoms with E-state index in [-0.39, 0.29) is 11.3 Å². The molecule has 1 amide bonds. The second kappa shape index (κ2) is 6.64. The maximum Gasteiger partial charge on any atom is 0.573 e. The Morgan fingerprint density at radius 3 is 2.47 bits per heavy atom. The van der Waals surface area contributed by atoms with Crippen LogP contribution in [0.2, 0.25) is 0 Å². The molecule has 0 aromatic heterocycles. The van der Waals surface area contributed by atoms with Crippen molar-refractivity contribution in [2.24, 2.45) is 0 Å². The summed E-state index contributed by atoms with van der Waals surface area (Å²) in [6.45, 7) is 0.340. The smallest absolute Gasteiger partial charge is 0.406 e. The van der Waals surface area contributed by atoms with Crippen molar-refractivity contribution >= 4 is 5.91 Å². The van der Waals surface area contributed by atoms with Gasteiger partial charge in [-0.15, -0.1) is 13.2 Å². The first-order valence-corrected chi connectivity index (χ1v) is 5.43. The summed E-state index contributed by atoms with van der Waals surface area (Å²) >= 11 is 0. The lowest BCUT2D eigenvalue weighted by molar-refractivity contribution is -0.274. The summed E-state index contributed by atoms with van der Waals surface area (Å²) in [6.07, 6.45) is -3.89. The van der Waals surface area contributed by atoms with Crippen molar-refractivity contribution in [3.8, 4) is 11.8 Å². The van der Waals surface area contributed by atoms with Gasteiger partial charge in [0, 0.05) is 18.5 Å². The van der Waals surface area contributed by atoms with E-state index in [1.54, 1.807) is 0 Å². The topological polar surface area (TPSA) is 62.1 Å². The van der Waals surface area contributed by atoms with Gasteiger partial charge in [0.05, 0.1) is 6.07 Å². The van der Waals surface area contributed by atoms with Gasteiger partial charge in [-0.05, 0) is 30.7 Å². The van der Waals surface area contributed by atoms with Gasteiger partial charge in [0.2, 0.25) is 0 Å². The number of rotatable bonds is 5. The predicted molar refractivity (Wildman–Crippen MR) is 60.3 cm³/mol. The summed E-state index contributed by atoms with van der Waals surface area (Å²) in [7, 11) is 0. The molecule has 0 unspecified atom stereocenters. The molecule has 0 radical (unpaired) electrons. The van der Waals surface area contributed by atoms with Gasteiger partial charge in [0.25, 0.3) is 5.91 Å².